The zero-order valence-corrected chi connectivity index (χ0v) is 16.7. The Kier molecular flexibility index (Phi) is 15.9. The molecule has 18 heavy (non-hydrogen) atoms. The Bertz CT molecular complexity index is 221. The van der Waals surface area contributed by atoms with Crippen molar-refractivity contribution in [2.45, 2.75) is 65.2 Å². The van der Waals surface area contributed by atoms with Crippen molar-refractivity contribution in [3.63, 3.8) is 0 Å². The van der Waals surface area contributed by atoms with Crippen molar-refractivity contribution in [3.8, 4) is 0 Å². The van der Waals surface area contributed by atoms with Crippen LogP contribution in [-0.4, -0.2) is 26.2 Å². The maximum atomic E-state index is 9.43. The Hall–Kier alpha value is 1.28. The molecule has 6 heteroatoms. The summed E-state index contributed by atoms with van der Waals surface area (Å²) < 4.78 is 0. The molecule has 0 unspecified atom stereocenters. The van der Waals surface area contributed by atoms with Gasteiger partial charge in [-0.2, -0.15) is 0 Å². The standard InChI is InChI=1S/C12H29O3PS.Zn/c1-3-5-7-9-11-17(16(13,14)15)12-10-8-6-4-2;/h13-15H,3-12H2,1-2H3;. The summed E-state index contributed by atoms with van der Waals surface area (Å²) in [6, 6.07) is 0. The summed E-state index contributed by atoms with van der Waals surface area (Å²) >= 11 is 0. The second kappa shape index (κ2) is 13.3. The van der Waals surface area contributed by atoms with Gasteiger partial charge in [-0.05, 0) is 24.3 Å². The largest absolute Gasteiger partial charge is 0.329 e. The maximum absolute atomic E-state index is 9.43. The smallest absolute Gasteiger partial charge is 0.277 e. The van der Waals surface area contributed by atoms with E-state index in [1.54, 1.807) is 0 Å². The molecule has 0 bridgehead atoms. The number of hydrogen-bond donors (Lipinski definition) is 3. The molecule has 0 heterocycles. The van der Waals surface area contributed by atoms with Crippen LogP contribution in [0.2, 0.25) is 0 Å². The fourth-order valence-electron chi connectivity index (χ4n) is 1.74. The van der Waals surface area contributed by atoms with E-state index < -0.39 is 16.8 Å². The molecule has 0 saturated carbocycles. The van der Waals surface area contributed by atoms with Gasteiger partial charge in [0.25, 0.3) is 6.72 Å². The van der Waals surface area contributed by atoms with Crippen LogP contribution in [-0.2, 0) is 29.6 Å². The molecule has 0 radical (unpaired) electrons. The van der Waals surface area contributed by atoms with Crippen LogP contribution in [0.15, 0.2) is 0 Å². The van der Waals surface area contributed by atoms with Crippen LogP contribution < -0.4 is 0 Å². The molecule has 0 aliphatic carbocycles. The van der Waals surface area contributed by atoms with Gasteiger partial charge < -0.3 is 14.7 Å². The monoisotopic (exact) mass is 348 g/mol. The van der Waals surface area contributed by atoms with Crippen LogP contribution in [0.3, 0.4) is 0 Å². The third-order valence-corrected chi connectivity index (χ3v) is 8.20. The van der Waals surface area contributed by atoms with Crippen molar-refractivity contribution < 1.29 is 34.2 Å². The van der Waals surface area contributed by atoms with Crippen LogP contribution in [0.4, 0.5) is 0 Å². The van der Waals surface area contributed by atoms with Crippen molar-refractivity contribution in [2.24, 2.45) is 0 Å². The molecule has 0 aromatic heterocycles. The van der Waals surface area contributed by atoms with Crippen LogP contribution >= 0.6 is 6.72 Å². The van der Waals surface area contributed by atoms with Gasteiger partial charge >= 0.3 is 0 Å². The van der Waals surface area contributed by atoms with Gasteiger partial charge in [0, 0.05) is 19.5 Å². The Morgan fingerprint density at radius 2 is 1.11 bits per heavy atom. The normalized spacial score (nSPS) is 11.7. The quantitative estimate of drug-likeness (QED) is 0.322. The summed E-state index contributed by atoms with van der Waals surface area (Å²) in [7, 11) is -0.571. The van der Waals surface area contributed by atoms with Gasteiger partial charge in [0.1, 0.15) is 0 Å². The van der Waals surface area contributed by atoms with E-state index in [9.17, 15) is 14.7 Å². The van der Waals surface area contributed by atoms with E-state index in [4.69, 9.17) is 0 Å². The molecule has 0 aliphatic rings. The minimum absolute atomic E-state index is 0. The number of unbranched alkanes of at least 4 members (excludes halogenated alkanes) is 6. The molecule has 0 fully saturated rings. The van der Waals surface area contributed by atoms with E-state index in [2.05, 4.69) is 13.8 Å². The van der Waals surface area contributed by atoms with Crippen LogP contribution in [0.5, 0.6) is 0 Å². The van der Waals surface area contributed by atoms with Crippen LogP contribution in [0.25, 0.3) is 0 Å². The maximum Gasteiger partial charge on any atom is 0.277 e. The SMILES string of the molecule is CCCCCCS(CCCCCC)=P(O)(O)O.[Zn]. The summed E-state index contributed by atoms with van der Waals surface area (Å²) in [5.74, 6) is 1.56. The Balaban J connectivity index is 0. The fraction of sp³-hybridized carbons (Fsp3) is 1.00. The first kappa shape index (κ1) is 21.6. The zero-order chi connectivity index (χ0) is 13.1. The van der Waals surface area contributed by atoms with Crippen molar-refractivity contribution in [3.05, 3.63) is 0 Å². The molecular formula is C12H29O3PSZn. The first-order chi connectivity index (χ1) is 8.02. The molecule has 0 aromatic rings. The van der Waals surface area contributed by atoms with Gasteiger partial charge in [0.2, 0.25) is 0 Å². The van der Waals surface area contributed by atoms with E-state index in [-0.39, 0.29) is 19.5 Å². The van der Waals surface area contributed by atoms with Crippen molar-refractivity contribution >= 4 is 16.8 Å². The van der Waals surface area contributed by atoms with Gasteiger partial charge in [-0.3, -0.25) is 0 Å². The first-order valence-electron chi connectivity index (χ1n) is 6.77. The van der Waals surface area contributed by atoms with E-state index in [0.29, 0.717) is 0 Å². The van der Waals surface area contributed by atoms with Crippen molar-refractivity contribution in [2.75, 3.05) is 11.5 Å². The van der Waals surface area contributed by atoms with Gasteiger partial charge in [0.05, 0.1) is 0 Å². The van der Waals surface area contributed by atoms with Crippen molar-refractivity contribution in [1.29, 1.82) is 0 Å². The minimum atomic E-state index is -3.60. The molecule has 0 spiro atoms. The molecule has 0 aliphatic heterocycles. The Morgan fingerprint density at radius 1 is 0.722 bits per heavy atom. The molecule has 108 valence electrons. The van der Waals surface area contributed by atoms with Gasteiger partial charge in [-0.1, -0.05) is 52.4 Å². The van der Waals surface area contributed by atoms with E-state index in [0.717, 1.165) is 37.2 Å². The van der Waals surface area contributed by atoms with Gasteiger partial charge in [0.15, 0.2) is 0 Å². The van der Waals surface area contributed by atoms with Crippen molar-refractivity contribution in [1.82, 2.24) is 0 Å². The molecular weight excluding hydrogens is 321 g/mol. The predicted octanol–water partition coefficient (Wildman–Crippen LogP) is 3.42. The first-order valence-corrected chi connectivity index (χ1v) is 10.6. The number of hydrogen-bond acceptors (Lipinski definition) is 0. The summed E-state index contributed by atoms with van der Waals surface area (Å²) in [5.41, 5.74) is 0. The third-order valence-electron chi connectivity index (χ3n) is 2.81. The van der Waals surface area contributed by atoms with E-state index in [1.807, 2.05) is 0 Å². The third kappa shape index (κ3) is 12.3. The predicted molar refractivity (Wildman–Crippen MR) is 79.0 cm³/mol. The molecule has 0 rings (SSSR count). The minimum Gasteiger partial charge on any atom is -0.329 e. The summed E-state index contributed by atoms with van der Waals surface area (Å²) in [6.45, 7) is 0.722. The van der Waals surface area contributed by atoms with Gasteiger partial charge in [-0.15, -0.1) is 10.1 Å². The number of rotatable bonds is 10. The fourth-order valence-corrected chi connectivity index (χ4v) is 5.75. The van der Waals surface area contributed by atoms with Crippen LogP contribution in [0, 0.1) is 0 Å². The van der Waals surface area contributed by atoms with Crippen LogP contribution in [0.1, 0.15) is 65.2 Å². The zero-order valence-electron chi connectivity index (χ0n) is 12.0. The van der Waals surface area contributed by atoms with Gasteiger partial charge in [-0.25, -0.2) is 0 Å². The topological polar surface area (TPSA) is 60.7 Å². The molecule has 3 N–H and O–H groups in total. The molecule has 0 atom stereocenters. The van der Waals surface area contributed by atoms with E-state index in [1.165, 1.54) is 25.7 Å². The second-order valence-electron chi connectivity index (χ2n) is 4.51. The molecule has 3 nitrogen and oxygen atoms in total. The molecule has 0 aromatic carbocycles. The average Bonchev–Trinajstić information content (AvgIpc) is 2.25. The summed E-state index contributed by atoms with van der Waals surface area (Å²) in [6.07, 6.45) is 9.04. The second-order valence-corrected chi connectivity index (χ2v) is 10.3. The molecule has 0 amide bonds. The Morgan fingerprint density at radius 3 is 1.39 bits per heavy atom. The summed E-state index contributed by atoms with van der Waals surface area (Å²) in [4.78, 5) is 28.3. The average molecular weight is 350 g/mol. The summed E-state index contributed by atoms with van der Waals surface area (Å²) in [5, 5.41) is 0. The molecule has 0 saturated heterocycles. The Labute approximate surface area is 127 Å². The van der Waals surface area contributed by atoms with E-state index >= 15 is 0 Å².